The fourth-order valence-electron chi connectivity index (χ4n) is 3.67. The molecule has 0 unspecified atom stereocenters. The van der Waals surface area contributed by atoms with Crippen LogP contribution in [0.25, 0.3) is 21.4 Å². The van der Waals surface area contributed by atoms with Gasteiger partial charge in [-0.2, -0.15) is 9.97 Å². The van der Waals surface area contributed by atoms with Crippen LogP contribution in [0, 0.1) is 0 Å². The standard InChI is InChI=1S/C20H21ClN6O5S/c1-9(7-31-20-24-10-4-2-3-5-12(10)33-20)23-16-13-17(26-19(21)25-16)27(8-22-13)18-15(30)14(29)11(6-28)32-18/h2-5,8-9,11,14-15,18,28-30H,6-7H2,1H3,(H,23,25,26)/t9-,11-,14-,15-,18-/m1/s1. The number of ether oxygens (including phenoxy) is 2. The Morgan fingerprint density at radius 2 is 2.06 bits per heavy atom. The predicted octanol–water partition coefficient (Wildman–Crippen LogP) is 1.58. The molecule has 0 radical (unpaired) electrons. The number of aromatic nitrogens is 5. The van der Waals surface area contributed by atoms with Crippen LogP contribution >= 0.6 is 22.9 Å². The molecule has 1 saturated heterocycles. The number of hydrogen-bond donors (Lipinski definition) is 4. The molecule has 13 heteroatoms. The van der Waals surface area contributed by atoms with Crippen LogP contribution in [0.1, 0.15) is 13.2 Å². The summed E-state index contributed by atoms with van der Waals surface area (Å²) < 4.78 is 13.9. The number of para-hydroxylation sites is 1. The number of benzene rings is 1. The van der Waals surface area contributed by atoms with E-state index in [-0.39, 0.29) is 11.3 Å². The number of rotatable bonds is 7. The molecule has 3 aromatic heterocycles. The highest BCUT2D eigenvalue weighted by molar-refractivity contribution is 7.20. The molecular weight excluding hydrogens is 472 g/mol. The van der Waals surface area contributed by atoms with Gasteiger partial charge in [0.25, 0.3) is 5.19 Å². The lowest BCUT2D eigenvalue weighted by Gasteiger charge is -2.17. The van der Waals surface area contributed by atoms with Crippen LogP contribution in [0.5, 0.6) is 5.19 Å². The van der Waals surface area contributed by atoms with Gasteiger partial charge in [0.1, 0.15) is 24.9 Å². The molecule has 1 aliphatic rings. The van der Waals surface area contributed by atoms with E-state index < -0.39 is 31.1 Å². The molecule has 4 aromatic rings. The highest BCUT2D eigenvalue weighted by Gasteiger charge is 2.44. The summed E-state index contributed by atoms with van der Waals surface area (Å²) in [6.45, 7) is 1.80. The van der Waals surface area contributed by atoms with Crippen LogP contribution in [0.15, 0.2) is 30.6 Å². The van der Waals surface area contributed by atoms with E-state index in [1.54, 1.807) is 0 Å². The topological polar surface area (TPSA) is 148 Å². The largest absolute Gasteiger partial charge is 0.468 e. The Morgan fingerprint density at radius 1 is 1.24 bits per heavy atom. The van der Waals surface area contributed by atoms with Crippen LogP contribution in [0.2, 0.25) is 5.28 Å². The second-order valence-electron chi connectivity index (χ2n) is 7.70. The van der Waals surface area contributed by atoms with Gasteiger partial charge in [-0.15, -0.1) is 0 Å². The van der Waals surface area contributed by atoms with Gasteiger partial charge >= 0.3 is 0 Å². The summed E-state index contributed by atoms with van der Waals surface area (Å²) >= 11 is 7.62. The van der Waals surface area contributed by atoms with Gasteiger partial charge in [0.2, 0.25) is 5.28 Å². The number of fused-ring (bicyclic) bond motifs is 2. The van der Waals surface area contributed by atoms with Gasteiger partial charge in [-0.1, -0.05) is 23.5 Å². The van der Waals surface area contributed by atoms with Gasteiger partial charge < -0.3 is 30.1 Å². The molecule has 4 N–H and O–H groups in total. The molecule has 5 atom stereocenters. The van der Waals surface area contributed by atoms with Gasteiger partial charge in [-0.3, -0.25) is 4.57 Å². The Balaban J connectivity index is 1.34. The molecule has 0 aliphatic carbocycles. The molecular formula is C20H21ClN6O5S. The van der Waals surface area contributed by atoms with Crippen LogP contribution < -0.4 is 10.1 Å². The summed E-state index contributed by atoms with van der Waals surface area (Å²) in [5, 5.41) is 33.5. The Hall–Kier alpha value is -2.61. The van der Waals surface area contributed by atoms with E-state index in [1.165, 1.54) is 22.2 Å². The zero-order chi connectivity index (χ0) is 23.1. The molecule has 1 fully saturated rings. The third kappa shape index (κ3) is 4.21. The molecule has 1 aliphatic heterocycles. The maximum atomic E-state index is 10.4. The van der Waals surface area contributed by atoms with E-state index in [0.717, 1.165) is 10.2 Å². The van der Waals surface area contributed by atoms with Crippen molar-refractivity contribution in [2.45, 2.75) is 37.5 Å². The van der Waals surface area contributed by atoms with Crippen LogP contribution in [-0.2, 0) is 4.74 Å². The van der Waals surface area contributed by atoms with Gasteiger partial charge in [0.15, 0.2) is 23.2 Å². The summed E-state index contributed by atoms with van der Waals surface area (Å²) in [4.78, 5) is 17.3. The van der Waals surface area contributed by atoms with E-state index in [1.807, 2.05) is 31.2 Å². The fraction of sp³-hybridized carbons (Fsp3) is 0.400. The zero-order valence-corrected chi connectivity index (χ0v) is 18.9. The van der Waals surface area contributed by atoms with Crippen LogP contribution in [-0.4, -0.2) is 77.4 Å². The van der Waals surface area contributed by atoms with Crippen LogP contribution in [0.4, 0.5) is 5.82 Å². The third-order valence-electron chi connectivity index (χ3n) is 5.30. The van der Waals surface area contributed by atoms with Gasteiger partial charge in [0.05, 0.1) is 29.2 Å². The Bertz CT molecular complexity index is 1250. The minimum atomic E-state index is -1.27. The van der Waals surface area contributed by atoms with Crippen molar-refractivity contribution in [3.05, 3.63) is 35.9 Å². The SMILES string of the molecule is C[C@H](COc1nc2ccccc2s1)Nc1nc(Cl)nc2c1ncn2[C@@H]1O[C@H](CO)[C@@H](O)[C@H]1O. The fourth-order valence-corrected chi connectivity index (χ4v) is 4.66. The Labute approximate surface area is 196 Å². The van der Waals surface area contributed by atoms with Crippen molar-refractivity contribution in [3.63, 3.8) is 0 Å². The monoisotopic (exact) mass is 492 g/mol. The molecule has 0 bridgehead atoms. The molecule has 5 rings (SSSR count). The number of anilines is 1. The minimum Gasteiger partial charge on any atom is -0.468 e. The molecule has 33 heavy (non-hydrogen) atoms. The molecule has 0 spiro atoms. The first-order chi connectivity index (χ1) is 15.9. The summed E-state index contributed by atoms with van der Waals surface area (Å²) in [6.07, 6.45) is -3.00. The number of aliphatic hydroxyl groups is 3. The lowest BCUT2D eigenvalue weighted by Crippen LogP contribution is -2.33. The number of halogens is 1. The first-order valence-corrected chi connectivity index (χ1v) is 11.4. The van der Waals surface area contributed by atoms with Crippen LogP contribution in [0.3, 0.4) is 0 Å². The summed E-state index contributed by atoms with van der Waals surface area (Å²) in [7, 11) is 0. The maximum absolute atomic E-state index is 10.4. The summed E-state index contributed by atoms with van der Waals surface area (Å²) in [6, 6.07) is 7.63. The summed E-state index contributed by atoms with van der Waals surface area (Å²) in [5.41, 5.74) is 1.61. The molecule has 11 nitrogen and oxygen atoms in total. The van der Waals surface area contributed by atoms with Gasteiger partial charge in [-0.05, 0) is 30.7 Å². The quantitative estimate of drug-likeness (QED) is 0.280. The Kier molecular flexibility index (Phi) is 6.03. The highest BCUT2D eigenvalue weighted by Crippen LogP contribution is 2.33. The first-order valence-electron chi connectivity index (χ1n) is 10.2. The zero-order valence-electron chi connectivity index (χ0n) is 17.4. The molecule has 0 saturated carbocycles. The number of thiazole rings is 1. The average Bonchev–Trinajstić information content (AvgIpc) is 3.48. The predicted molar refractivity (Wildman–Crippen MR) is 122 cm³/mol. The number of hydrogen-bond acceptors (Lipinski definition) is 11. The normalized spacial score (nSPS) is 23.9. The van der Waals surface area contributed by atoms with Crippen molar-refractivity contribution in [2.24, 2.45) is 0 Å². The van der Waals surface area contributed by atoms with Crippen molar-refractivity contribution in [3.8, 4) is 5.19 Å². The number of imidazole rings is 1. The van der Waals surface area contributed by atoms with Crippen molar-refractivity contribution in [2.75, 3.05) is 18.5 Å². The number of nitrogens with zero attached hydrogens (tertiary/aromatic N) is 5. The highest BCUT2D eigenvalue weighted by atomic mass is 35.5. The molecule has 174 valence electrons. The van der Waals surface area contributed by atoms with Crippen molar-refractivity contribution in [1.29, 1.82) is 0 Å². The van der Waals surface area contributed by atoms with Crippen molar-refractivity contribution in [1.82, 2.24) is 24.5 Å². The first kappa shape index (κ1) is 22.2. The molecule has 0 amide bonds. The lowest BCUT2D eigenvalue weighted by molar-refractivity contribution is -0.0511. The van der Waals surface area contributed by atoms with E-state index >= 15 is 0 Å². The maximum Gasteiger partial charge on any atom is 0.274 e. The van der Waals surface area contributed by atoms with Gasteiger partial charge in [0, 0.05) is 0 Å². The van der Waals surface area contributed by atoms with Crippen molar-refractivity contribution >= 4 is 50.1 Å². The van der Waals surface area contributed by atoms with E-state index in [2.05, 4.69) is 25.3 Å². The van der Waals surface area contributed by atoms with E-state index in [4.69, 9.17) is 21.1 Å². The van der Waals surface area contributed by atoms with E-state index in [9.17, 15) is 15.3 Å². The Morgan fingerprint density at radius 3 is 2.82 bits per heavy atom. The minimum absolute atomic E-state index is 0.0298. The number of aliphatic hydroxyl groups excluding tert-OH is 3. The van der Waals surface area contributed by atoms with E-state index in [0.29, 0.717) is 28.8 Å². The summed E-state index contributed by atoms with van der Waals surface area (Å²) in [5.74, 6) is 0.385. The average molecular weight is 493 g/mol. The lowest BCUT2D eigenvalue weighted by atomic mass is 10.1. The second-order valence-corrected chi connectivity index (χ2v) is 9.03. The molecule has 4 heterocycles. The second kappa shape index (κ2) is 8.97. The smallest absolute Gasteiger partial charge is 0.274 e. The molecule has 1 aromatic carbocycles. The van der Waals surface area contributed by atoms with Gasteiger partial charge in [-0.25, -0.2) is 9.97 Å². The van der Waals surface area contributed by atoms with Crippen molar-refractivity contribution < 1.29 is 24.8 Å². The third-order valence-corrected chi connectivity index (χ3v) is 6.42. The number of nitrogens with one attached hydrogen (secondary N) is 1.